The van der Waals surface area contributed by atoms with Gasteiger partial charge in [-0.1, -0.05) is 29.8 Å². The van der Waals surface area contributed by atoms with Crippen LogP contribution >= 0.6 is 11.6 Å². The number of halogens is 2. The van der Waals surface area contributed by atoms with Gasteiger partial charge in [-0.05, 0) is 36.2 Å². The highest BCUT2D eigenvalue weighted by Gasteiger charge is 2.10. The summed E-state index contributed by atoms with van der Waals surface area (Å²) >= 11 is 5.81. The van der Waals surface area contributed by atoms with Crippen molar-refractivity contribution in [2.24, 2.45) is 0 Å². The van der Waals surface area contributed by atoms with Crippen molar-refractivity contribution < 1.29 is 4.39 Å². The Balaban J connectivity index is 2.08. The largest absolute Gasteiger partial charge is 0.369 e. The zero-order valence-electron chi connectivity index (χ0n) is 10.9. The monoisotopic (exact) mass is 289 g/mol. The van der Waals surface area contributed by atoms with Crippen LogP contribution < -0.4 is 5.73 Å². The summed E-state index contributed by atoms with van der Waals surface area (Å²) in [4.78, 5) is 4.38. The van der Waals surface area contributed by atoms with Gasteiger partial charge in [0, 0.05) is 0 Å². The van der Waals surface area contributed by atoms with Crippen LogP contribution in [0.1, 0.15) is 11.1 Å². The maximum Gasteiger partial charge on any atom is 0.201 e. The molecule has 1 aromatic heterocycles. The lowest BCUT2D eigenvalue weighted by Crippen LogP contribution is -2.04. The highest BCUT2D eigenvalue weighted by atomic mass is 35.5. The molecule has 5 heteroatoms. The normalized spacial score (nSPS) is 11.2. The van der Waals surface area contributed by atoms with Crippen molar-refractivity contribution in [3.63, 3.8) is 0 Å². The van der Waals surface area contributed by atoms with Gasteiger partial charge >= 0.3 is 0 Å². The number of nitrogens with zero attached hydrogens (tertiary/aromatic N) is 2. The Morgan fingerprint density at radius 1 is 1.30 bits per heavy atom. The lowest BCUT2D eigenvalue weighted by Gasteiger charge is -2.07. The Labute approximate surface area is 120 Å². The minimum atomic E-state index is -0.422. The Hall–Kier alpha value is -2.07. The molecule has 0 amide bonds. The number of hydrogen-bond donors (Lipinski definition) is 1. The molecule has 20 heavy (non-hydrogen) atoms. The van der Waals surface area contributed by atoms with E-state index >= 15 is 0 Å². The van der Waals surface area contributed by atoms with Gasteiger partial charge in [0.25, 0.3) is 0 Å². The third kappa shape index (κ3) is 2.12. The molecule has 2 N–H and O–H groups in total. The predicted octanol–water partition coefficient (Wildman–Crippen LogP) is 3.77. The molecule has 0 aliphatic heterocycles. The summed E-state index contributed by atoms with van der Waals surface area (Å²) in [5, 5.41) is 0.113. The van der Waals surface area contributed by atoms with Crippen LogP contribution in [0, 0.1) is 12.7 Å². The van der Waals surface area contributed by atoms with Crippen LogP contribution in [0.15, 0.2) is 36.4 Å². The first-order chi connectivity index (χ1) is 9.56. The van der Waals surface area contributed by atoms with Gasteiger partial charge in [-0.15, -0.1) is 0 Å². The minimum Gasteiger partial charge on any atom is -0.369 e. The van der Waals surface area contributed by atoms with Gasteiger partial charge in [0.15, 0.2) is 0 Å². The van der Waals surface area contributed by atoms with Crippen molar-refractivity contribution in [3.8, 4) is 0 Å². The third-order valence-electron chi connectivity index (χ3n) is 3.33. The van der Waals surface area contributed by atoms with Gasteiger partial charge in [-0.25, -0.2) is 9.37 Å². The number of imidazole rings is 1. The zero-order chi connectivity index (χ0) is 14.3. The molecule has 3 nitrogen and oxygen atoms in total. The summed E-state index contributed by atoms with van der Waals surface area (Å²) in [6.45, 7) is 2.50. The van der Waals surface area contributed by atoms with E-state index in [0.29, 0.717) is 12.5 Å². The molecule has 0 saturated carbocycles. The summed E-state index contributed by atoms with van der Waals surface area (Å²) in [7, 11) is 0. The van der Waals surface area contributed by atoms with E-state index in [-0.39, 0.29) is 5.02 Å². The Morgan fingerprint density at radius 3 is 2.85 bits per heavy atom. The summed E-state index contributed by atoms with van der Waals surface area (Å²) in [5.41, 5.74) is 9.78. The Bertz CT molecular complexity index is 795. The summed E-state index contributed by atoms with van der Waals surface area (Å²) < 4.78 is 15.1. The van der Waals surface area contributed by atoms with Gasteiger partial charge in [0.2, 0.25) is 5.95 Å². The molecule has 0 unspecified atom stereocenters. The van der Waals surface area contributed by atoms with Crippen molar-refractivity contribution in [3.05, 3.63) is 58.4 Å². The fourth-order valence-electron chi connectivity index (χ4n) is 2.29. The van der Waals surface area contributed by atoms with Crippen LogP contribution in [0.4, 0.5) is 10.3 Å². The molecule has 0 atom stereocenters. The van der Waals surface area contributed by atoms with Gasteiger partial charge in [-0.2, -0.15) is 0 Å². The first kappa shape index (κ1) is 12.9. The molecule has 3 rings (SSSR count). The molecule has 2 aromatic carbocycles. The molecular weight excluding hydrogens is 277 g/mol. The molecule has 0 aliphatic carbocycles. The molecule has 102 valence electrons. The van der Waals surface area contributed by atoms with E-state index in [2.05, 4.69) is 4.98 Å². The van der Waals surface area contributed by atoms with Crippen LogP contribution in [-0.2, 0) is 6.54 Å². The standard InChI is InChI=1S/C15H13ClFN3/c1-9-3-2-4-13-14(9)19-15(18)20(13)8-10-5-6-12(17)11(16)7-10/h2-7H,8H2,1H3,(H2,18,19). The number of nitrogen functional groups attached to an aromatic ring is 1. The number of benzene rings is 2. The first-order valence-corrected chi connectivity index (χ1v) is 6.59. The van der Waals surface area contributed by atoms with Crippen molar-refractivity contribution in [2.75, 3.05) is 5.73 Å². The second-order valence-electron chi connectivity index (χ2n) is 4.75. The van der Waals surface area contributed by atoms with Crippen molar-refractivity contribution in [1.82, 2.24) is 9.55 Å². The summed E-state index contributed by atoms with van der Waals surface area (Å²) in [6, 6.07) is 10.6. The molecule has 0 aliphatic rings. The van der Waals surface area contributed by atoms with Crippen LogP contribution in [0.5, 0.6) is 0 Å². The Morgan fingerprint density at radius 2 is 2.10 bits per heavy atom. The molecule has 0 fully saturated rings. The smallest absolute Gasteiger partial charge is 0.201 e. The van der Waals surface area contributed by atoms with Gasteiger partial charge in [0.05, 0.1) is 22.6 Å². The van der Waals surface area contributed by atoms with E-state index in [0.717, 1.165) is 22.2 Å². The molecule has 0 bridgehead atoms. The topological polar surface area (TPSA) is 43.8 Å². The number of aryl methyl sites for hydroxylation is 1. The minimum absolute atomic E-state index is 0.113. The van der Waals surface area contributed by atoms with E-state index in [9.17, 15) is 4.39 Å². The van der Waals surface area contributed by atoms with E-state index in [4.69, 9.17) is 17.3 Å². The van der Waals surface area contributed by atoms with Crippen LogP contribution in [0.3, 0.4) is 0 Å². The molecule has 0 radical (unpaired) electrons. The third-order valence-corrected chi connectivity index (χ3v) is 3.62. The van der Waals surface area contributed by atoms with E-state index in [1.807, 2.05) is 29.7 Å². The van der Waals surface area contributed by atoms with Gasteiger partial charge < -0.3 is 10.3 Å². The van der Waals surface area contributed by atoms with Gasteiger partial charge in [-0.3, -0.25) is 0 Å². The average Bonchev–Trinajstić information content (AvgIpc) is 2.73. The number of para-hydroxylation sites is 1. The summed E-state index contributed by atoms with van der Waals surface area (Å²) in [5.74, 6) is 0.0180. The predicted molar refractivity (Wildman–Crippen MR) is 79.4 cm³/mol. The highest BCUT2D eigenvalue weighted by Crippen LogP contribution is 2.23. The van der Waals surface area contributed by atoms with Crippen molar-refractivity contribution in [2.45, 2.75) is 13.5 Å². The molecule has 1 heterocycles. The number of nitrogens with two attached hydrogens (primary N) is 1. The quantitative estimate of drug-likeness (QED) is 0.780. The second-order valence-corrected chi connectivity index (χ2v) is 5.15. The van der Waals surface area contributed by atoms with Crippen LogP contribution in [0.2, 0.25) is 5.02 Å². The second kappa shape index (κ2) is 4.80. The molecule has 3 aromatic rings. The maximum atomic E-state index is 13.2. The van der Waals surface area contributed by atoms with Crippen molar-refractivity contribution >= 4 is 28.6 Å². The fraction of sp³-hybridized carbons (Fsp3) is 0.133. The lowest BCUT2D eigenvalue weighted by atomic mass is 10.2. The number of fused-ring (bicyclic) bond motifs is 1. The average molecular weight is 290 g/mol. The van der Waals surface area contributed by atoms with E-state index in [1.54, 1.807) is 12.1 Å². The first-order valence-electron chi connectivity index (χ1n) is 6.21. The number of rotatable bonds is 2. The maximum absolute atomic E-state index is 13.2. The Kier molecular flexibility index (Phi) is 3.10. The fourth-order valence-corrected chi connectivity index (χ4v) is 2.49. The van der Waals surface area contributed by atoms with E-state index in [1.165, 1.54) is 6.07 Å². The molecular formula is C15H13ClFN3. The number of anilines is 1. The number of hydrogen-bond acceptors (Lipinski definition) is 2. The molecule has 0 spiro atoms. The number of aromatic nitrogens is 2. The summed E-state index contributed by atoms with van der Waals surface area (Å²) in [6.07, 6.45) is 0. The zero-order valence-corrected chi connectivity index (χ0v) is 11.7. The van der Waals surface area contributed by atoms with Gasteiger partial charge in [0.1, 0.15) is 5.82 Å². The van der Waals surface area contributed by atoms with Crippen molar-refractivity contribution in [1.29, 1.82) is 0 Å². The SMILES string of the molecule is Cc1cccc2c1nc(N)n2Cc1ccc(F)c(Cl)c1. The molecule has 0 saturated heterocycles. The van der Waals surface area contributed by atoms with Crippen LogP contribution in [-0.4, -0.2) is 9.55 Å². The van der Waals surface area contributed by atoms with Crippen LogP contribution in [0.25, 0.3) is 11.0 Å². The highest BCUT2D eigenvalue weighted by molar-refractivity contribution is 6.30. The van der Waals surface area contributed by atoms with E-state index < -0.39 is 5.82 Å². The lowest BCUT2D eigenvalue weighted by molar-refractivity contribution is 0.627.